The molecule has 1 heterocycles. The van der Waals surface area contributed by atoms with E-state index in [-0.39, 0.29) is 18.4 Å². The van der Waals surface area contributed by atoms with E-state index in [4.69, 9.17) is 0 Å². The Hall–Kier alpha value is -0.740. The van der Waals surface area contributed by atoms with Gasteiger partial charge in [0.15, 0.2) is 0 Å². The molecule has 1 aromatic rings. The minimum atomic E-state index is -0.181. The van der Waals surface area contributed by atoms with Crippen molar-refractivity contribution in [2.75, 3.05) is 12.9 Å². The van der Waals surface area contributed by atoms with E-state index in [1.165, 1.54) is 24.4 Å². The van der Waals surface area contributed by atoms with Crippen LogP contribution in [-0.4, -0.2) is 23.8 Å². The molecule has 0 aliphatic heterocycles. The molecule has 0 unspecified atom stereocenters. The maximum atomic E-state index is 10.7. The van der Waals surface area contributed by atoms with E-state index in [1.807, 2.05) is 12.1 Å². The van der Waals surface area contributed by atoms with Crippen molar-refractivity contribution in [3.8, 4) is 0 Å². The van der Waals surface area contributed by atoms with E-state index >= 15 is 0 Å². The van der Waals surface area contributed by atoms with Gasteiger partial charge in [-0.2, -0.15) is 0 Å². The molecule has 0 saturated carbocycles. The highest BCUT2D eigenvalue weighted by Gasteiger charge is 1.99. The zero-order valence-electron chi connectivity index (χ0n) is 7.80. The van der Waals surface area contributed by atoms with Crippen molar-refractivity contribution in [3.05, 3.63) is 30.1 Å². The summed E-state index contributed by atoms with van der Waals surface area (Å²) in [5, 5.41) is 0. The van der Waals surface area contributed by atoms with Gasteiger partial charge in [-0.1, -0.05) is 0 Å². The van der Waals surface area contributed by atoms with Crippen LogP contribution < -0.4 is 0 Å². The number of methoxy groups -OCH3 is 1. The van der Waals surface area contributed by atoms with Crippen LogP contribution in [0.2, 0.25) is 0 Å². The zero-order valence-corrected chi connectivity index (χ0v) is 9.44. The van der Waals surface area contributed by atoms with Gasteiger partial charge >= 0.3 is 5.97 Å². The van der Waals surface area contributed by atoms with E-state index in [0.717, 1.165) is 5.75 Å². The maximum Gasteiger partial charge on any atom is 0.315 e. The smallest absolute Gasteiger partial charge is 0.315 e. The molecule has 0 aromatic carbocycles. The first kappa shape index (κ1) is 13.3. The van der Waals surface area contributed by atoms with Crippen molar-refractivity contribution < 1.29 is 9.53 Å². The molecule has 0 saturated heterocycles. The van der Waals surface area contributed by atoms with Crippen molar-refractivity contribution in [1.29, 1.82) is 0 Å². The fourth-order valence-electron chi connectivity index (χ4n) is 0.790. The Morgan fingerprint density at radius 3 is 2.71 bits per heavy atom. The Morgan fingerprint density at radius 2 is 2.14 bits per heavy atom. The molecule has 0 atom stereocenters. The van der Waals surface area contributed by atoms with E-state index in [2.05, 4.69) is 9.72 Å². The fraction of sp³-hybridized carbons (Fsp3) is 0.333. The van der Waals surface area contributed by atoms with Gasteiger partial charge in [-0.15, -0.1) is 24.2 Å². The summed E-state index contributed by atoms with van der Waals surface area (Å²) in [5.74, 6) is 1.04. The third kappa shape index (κ3) is 5.09. The zero-order chi connectivity index (χ0) is 9.52. The SMILES string of the molecule is COC(=O)CSCc1ccncc1.Cl. The van der Waals surface area contributed by atoms with Crippen molar-refractivity contribution in [1.82, 2.24) is 4.98 Å². The predicted molar refractivity (Wildman–Crippen MR) is 59.7 cm³/mol. The van der Waals surface area contributed by atoms with Crippen LogP contribution in [0.5, 0.6) is 0 Å². The van der Waals surface area contributed by atoms with Crippen molar-refractivity contribution in [2.45, 2.75) is 5.75 Å². The summed E-state index contributed by atoms with van der Waals surface area (Å²) in [4.78, 5) is 14.7. The first-order chi connectivity index (χ1) is 6.33. The van der Waals surface area contributed by atoms with E-state index in [0.29, 0.717) is 5.75 Å². The van der Waals surface area contributed by atoms with Crippen molar-refractivity contribution >= 4 is 30.1 Å². The van der Waals surface area contributed by atoms with Crippen LogP contribution in [0.1, 0.15) is 5.56 Å². The molecule has 5 heteroatoms. The van der Waals surface area contributed by atoms with Gasteiger partial charge in [0.05, 0.1) is 12.9 Å². The number of rotatable bonds is 4. The number of nitrogens with zero attached hydrogens (tertiary/aromatic N) is 1. The van der Waals surface area contributed by atoms with Gasteiger partial charge in [-0.3, -0.25) is 9.78 Å². The lowest BCUT2D eigenvalue weighted by molar-refractivity contribution is -0.137. The lowest BCUT2D eigenvalue weighted by Gasteiger charge is -1.99. The summed E-state index contributed by atoms with van der Waals surface area (Å²) >= 11 is 1.54. The van der Waals surface area contributed by atoms with Gasteiger partial charge < -0.3 is 4.74 Å². The van der Waals surface area contributed by atoms with Crippen LogP contribution >= 0.6 is 24.2 Å². The Morgan fingerprint density at radius 1 is 1.50 bits per heavy atom. The van der Waals surface area contributed by atoms with Crippen LogP contribution in [0.25, 0.3) is 0 Å². The molecule has 0 aliphatic carbocycles. The van der Waals surface area contributed by atoms with Gasteiger partial charge in [0, 0.05) is 18.1 Å². The van der Waals surface area contributed by atoms with E-state index < -0.39 is 0 Å². The average molecular weight is 234 g/mol. The van der Waals surface area contributed by atoms with E-state index in [9.17, 15) is 4.79 Å². The third-order valence-corrected chi connectivity index (χ3v) is 2.44. The largest absolute Gasteiger partial charge is 0.468 e. The van der Waals surface area contributed by atoms with Crippen molar-refractivity contribution in [2.24, 2.45) is 0 Å². The number of carbonyl (C=O) groups is 1. The molecule has 1 rings (SSSR count). The lowest BCUT2D eigenvalue weighted by atomic mass is 10.3. The first-order valence-electron chi connectivity index (χ1n) is 3.86. The van der Waals surface area contributed by atoms with Crippen molar-refractivity contribution in [3.63, 3.8) is 0 Å². The summed E-state index contributed by atoms with van der Waals surface area (Å²) in [6.45, 7) is 0. The number of ether oxygens (including phenoxy) is 1. The highest BCUT2D eigenvalue weighted by Crippen LogP contribution is 2.10. The molecule has 1 aromatic heterocycles. The first-order valence-corrected chi connectivity index (χ1v) is 5.02. The molecule has 0 bridgehead atoms. The fourth-order valence-corrected chi connectivity index (χ4v) is 1.60. The van der Waals surface area contributed by atoms with Crippen LogP contribution in [0.15, 0.2) is 24.5 Å². The number of halogens is 1. The number of carbonyl (C=O) groups excluding carboxylic acids is 1. The second kappa shape index (κ2) is 7.64. The number of hydrogen-bond donors (Lipinski definition) is 0. The molecule has 14 heavy (non-hydrogen) atoms. The van der Waals surface area contributed by atoms with Crippen LogP contribution in [-0.2, 0) is 15.3 Å². The highest BCUT2D eigenvalue weighted by atomic mass is 35.5. The summed E-state index contributed by atoms with van der Waals surface area (Å²) in [5.41, 5.74) is 1.17. The molecule has 0 aliphatic rings. The number of aromatic nitrogens is 1. The molecule has 0 N–H and O–H groups in total. The number of hydrogen-bond acceptors (Lipinski definition) is 4. The topological polar surface area (TPSA) is 39.2 Å². The van der Waals surface area contributed by atoms with Crippen LogP contribution in [0.3, 0.4) is 0 Å². The molecular formula is C9H12ClNO2S. The molecule has 0 fully saturated rings. The normalized spacial score (nSPS) is 8.93. The standard InChI is InChI=1S/C9H11NO2S.ClH/c1-12-9(11)7-13-6-8-2-4-10-5-3-8;/h2-5H,6-7H2,1H3;1H. The van der Waals surface area contributed by atoms with E-state index in [1.54, 1.807) is 12.4 Å². The number of pyridine rings is 1. The second-order valence-corrected chi connectivity index (χ2v) is 3.41. The van der Waals surface area contributed by atoms with Gasteiger partial charge in [-0.05, 0) is 17.7 Å². The van der Waals surface area contributed by atoms with Crippen LogP contribution in [0, 0.1) is 0 Å². The predicted octanol–water partition coefficient (Wildman–Crippen LogP) is 1.91. The Balaban J connectivity index is 0.00000169. The third-order valence-electron chi connectivity index (χ3n) is 1.47. The quantitative estimate of drug-likeness (QED) is 0.745. The van der Waals surface area contributed by atoms with Gasteiger partial charge in [0.25, 0.3) is 0 Å². The molecule has 0 spiro atoms. The molecule has 3 nitrogen and oxygen atoms in total. The highest BCUT2D eigenvalue weighted by molar-refractivity contribution is 7.99. The van der Waals surface area contributed by atoms with Gasteiger partial charge in [0.2, 0.25) is 0 Å². The molecule has 0 radical (unpaired) electrons. The summed E-state index contributed by atoms with van der Waals surface area (Å²) < 4.78 is 4.52. The van der Waals surface area contributed by atoms with Gasteiger partial charge in [0.1, 0.15) is 0 Å². The Bertz CT molecular complexity index is 269. The Labute approximate surface area is 93.7 Å². The maximum absolute atomic E-state index is 10.7. The average Bonchev–Trinajstić information content (AvgIpc) is 2.19. The summed E-state index contributed by atoms with van der Waals surface area (Å²) in [7, 11) is 1.40. The number of thioether (sulfide) groups is 1. The summed E-state index contributed by atoms with van der Waals surface area (Å²) in [6.07, 6.45) is 3.49. The lowest BCUT2D eigenvalue weighted by Crippen LogP contribution is -2.03. The van der Waals surface area contributed by atoms with Crippen LogP contribution in [0.4, 0.5) is 0 Å². The van der Waals surface area contributed by atoms with Gasteiger partial charge in [-0.25, -0.2) is 0 Å². The minimum absolute atomic E-state index is 0. The number of esters is 1. The molecular weight excluding hydrogens is 222 g/mol. The molecule has 0 amide bonds. The summed E-state index contributed by atoms with van der Waals surface area (Å²) in [6, 6.07) is 3.87. The second-order valence-electron chi connectivity index (χ2n) is 2.42. The minimum Gasteiger partial charge on any atom is -0.468 e. The monoisotopic (exact) mass is 233 g/mol. The molecule has 78 valence electrons. The Kier molecular flexibility index (Phi) is 7.24.